The molecule has 0 aliphatic carbocycles. The van der Waals surface area contributed by atoms with Gasteiger partial charge in [-0.25, -0.2) is 4.39 Å². The minimum atomic E-state index is -0.338. The Bertz CT molecular complexity index is 877. The number of ether oxygens (including phenoxy) is 2. The molecule has 1 spiro atoms. The number of carbonyl (C=O) groups is 1. The zero-order chi connectivity index (χ0) is 21.1. The van der Waals surface area contributed by atoms with E-state index in [0.29, 0.717) is 30.8 Å². The summed E-state index contributed by atoms with van der Waals surface area (Å²) in [6.07, 6.45) is 3.39. The maximum atomic E-state index is 13.9. The van der Waals surface area contributed by atoms with Crippen molar-refractivity contribution in [2.75, 3.05) is 19.7 Å². The molecule has 2 aromatic rings. The first kappa shape index (κ1) is 21.0. The van der Waals surface area contributed by atoms with Crippen molar-refractivity contribution >= 4 is 5.91 Å². The third-order valence-electron chi connectivity index (χ3n) is 6.50. The number of nitrogens with zero attached hydrogens (tertiary/aromatic N) is 1. The normalized spacial score (nSPS) is 23.5. The molecule has 30 heavy (non-hydrogen) atoms. The SMILES string of the molecule is CCO[C@H]1C[C@@H](c2ccccc2)OC2(CCN(C(=O)c3cccc(F)c3C)CC2)C1. The number of likely N-dealkylation sites (tertiary alicyclic amines) is 1. The summed E-state index contributed by atoms with van der Waals surface area (Å²) in [6, 6.07) is 15.0. The molecule has 0 bridgehead atoms. The lowest BCUT2D eigenvalue weighted by molar-refractivity contribution is -0.190. The number of carbonyl (C=O) groups excluding carboxylic acids is 1. The molecule has 0 N–H and O–H groups in total. The second-order valence-electron chi connectivity index (χ2n) is 8.42. The smallest absolute Gasteiger partial charge is 0.254 e. The summed E-state index contributed by atoms with van der Waals surface area (Å²) in [5.41, 5.74) is 1.75. The van der Waals surface area contributed by atoms with E-state index >= 15 is 0 Å². The van der Waals surface area contributed by atoms with Crippen molar-refractivity contribution in [3.63, 3.8) is 0 Å². The predicted molar refractivity (Wildman–Crippen MR) is 114 cm³/mol. The fraction of sp³-hybridized carbons (Fsp3) is 0.480. The molecule has 0 radical (unpaired) electrons. The summed E-state index contributed by atoms with van der Waals surface area (Å²) >= 11 is 0. The molecule has 0 saturated carbocycles. The van der Waals surface area contributed by atoms with Crippen LogP contribution in [0.5, 0.6) is 0 Å². The Balaban J connectivity index is 1.48. The van der Waals surface area contributed by atoms with Crippen molar-refractivity contribution in [2.24, 2.45) is 0 Å². The molecule has 2 fully saturated rings. The van der Waals surface area contributed by atoms with Crippen LogP contribution >= 0.6 is 0 Å². The highest BCUT2D eigenvalue weighted by molar-refractivity contribution is 5.95. The molecular formula is C25H30FNO3. The van der Waals surface area contributed by atoms with Gasteiger partial charge in [-0.2, -0.15) is 0 Å². The van der Waals surface area contributed by atoms with Crippen LogP contribution in [0, 0.1) is 12.7 Å². The Kier molecular flexibility index (Phi) is 6.21. The van der Waals surface area contributed by atoms with Gasteiger partial charge in [0.25, 0.3) is 5.91 Å². The topological polar surface area (TPSA) is 38.8 Å². The van der Waals surface area contributed by atoms with Gasteiger partial charge in [0.1, 0.15) is 5.82 Å². The Morgan fingerprint density at radius 1 is 1.17 bits per heavy atom. The summed E-state index contributed by atoms with van der Waals surface area (Å²) in [5.74, 6) is -0.436. The highest BCUT2D eigenvalue weighted by Crippen LogP contribution is 2.44. The third-order valence-corrected chi connectivity index (χ3v) is 6.50. The lowest BCUT2D eigenvalue weighted by atomic mass is 9.80. The number of amides is 1. The molecule has 160 valence electrons. The predicted octanol–water partition coefficient (Wildman–Crippen LogP) is 5.07. The van der Waals surface area contributed by atoms with Crippen molar-refractivity contribution in [3.8, 4) is 0 Å². The Hall–Kier alpha value is -2.24. The monoisotopic (exact) mass is 411 g/mol. The molecule has 1 amide bonds. The van der Waals surface area contributed by atoms with Gasteiger partial charge in [0.2, 0.25) is 0 Å². The van der Waals surface area contributed by atoms with Crippen molar-refractivity contribution < 1.29 is 18.7 Å². The van der Waals surface area contributed by atoms with Crippen molar-refractivity contribution in [1.29, 1.82) is 0 Å². The number of hydrogen-bond donors (Lipinski definition) is 0. The highest BCUT2D eigenvalue weighted by Gasteiger charge is 2.45. The van der Waals surface area contributed by atoms with Crippen LogP contribution < -0.4 is 0 Å². The van der Waals surface area contributed by atoms with Crippen LogP contribution in [0.15, 0.2) is 48.5 Å². The molecule has 2 saturated heterocycles. The van der Waals surface area contributed by atoms with Crippen molar-refractivity contribution in [3.05, 3.63) is 71.0 Å². The number of benzene rings is 2. The van der Waals surface area contributed by atoms with E-state index in [-0.39, 0.29) is 29.5 Å². The van der Waals surface area contributed by atoms with Crippen LogP contribution in [0.3, 0.4) is 0 Å². The van der Waals surface area contributed by atoms with Gasteiger partial charge >= 0.3 is 0 Å². The third kappa shape index (κ3) is 4.28. The van der Waals surface area contributed by atoms with Gasteiger partial charge in [0, 0.05) is 38.1 Å². The maximum absolute atomic E-state index is 13.9. The largest absolute Gasteiger partial charge is 0.378 e. The number of rotatable bonds is 4. The van der Waals surface area contributed by atoms with E-state index in [0.717, 1.165) is 25.7 Å². The Morgan fingerprint density at radius 3 is 2.60 bits per heavy atom. The first-order valence-corrected chi connectivity index (χ1v) is 10.9. The number of hydrogen-bond acceptors (Lipinski definition) is 3. The lowest BCUT2D eigenvalue weighted by Gasteiger charge is -2.49. The van der Waals surface area contributed by atoms with Gasteiger partial charge < -0.3 is 14.4 Å². The molecule has 0 aromatic heterocycles. The van der Waals surface area contributed by atoms with Crippen molar-refractivity contribution in [1.82, 2.24) is 4.90 Å². The fourth-order valence-electron chi connectivity index (χ4n) is 4.82. The van der Waals surface area contributed by atoms with Gasteiger partial charge in [-0.15, -0.1) is 0 Å². The van der Waals surface area contributed by atoms with Gasteiger partial charge in [-0.05, 0) is 49.9 Å². The molecule has 2 aromatic carbocycles. The van der Waals surface area contributed by atoms with Gasteiger partial charge in [-0.1, -0.05) is 36.4 Å². The van der Waals surface area contributed by atoms with Crippen LogP contribution in [0.25, 0.3) is 0 Å². The van der Waals surface area contributed by atoms with E-state index in [4.69, 9.17) is 9.47 Å². The highest BCUT2D eigenvalue weighted by atomic mass is 19.1. The van der Waals surface area contributed by atoms with E-state index in [1.165, 1.54) is 11.6 Å². The zero-order valence-electron chi connectivity index (χ0n) is 17.8. The molecule has 2 heterocycles. The van der Waals surface area contributed by atoms with E-state index < -0.39 is 0 Å². The van der Waals surface area contributed by atoms with Crippen LogP contribution in [-0.2, 0) is 9.47 Å². The average molecular weight is 412 g/mol. The van der Waals surface area contributed by atoms with Gasteiger partial charge in [0.15, 0.2) is 0 Å². The lowest BCUT2D eigenvalue weighted by Crippen LogP contribution is -2.52. The zero-order valence-corrected chi connectivity index (χ0v) is 17.8. The molecule has 2 aliphatic rings. The molecule has 4 rings (SSSR count). The molecule has 5 heteroatoms. The minimum absolute atomic E-state index is 0.00390. The molecule has 4 nitrogen and oxygen atoms in total. The standard InChI is InChI=1S/C25H30FNO3/c1-3-29-20-16-23(19-8-5-4-6-9-19)30-25(17-20)12-14-27(15-13-25)24(28)21-10-7-11-22(26)18(21)2/h4-11,20,23H,3,12-17H2,1-2H3/t20-,23-/m0/s1. The first-order valence-electron chi connectivity index (χ1n) is 10.9. The van der Waals surface area contributed by atoms with Crippen LogP contribution in [0.2, 0.25) is 0 Å². The molecular weight excluding hydrogens is 381 g/mol. The van der Waals surface area contributed by atoms with Crippen LogP contribution in [0.1, 0.15) is 60.2 Å². The van der Waals surface area contributed by atoms with E-state index in [1.54, 1.807) is 19.1 Å². The summed E-state index contributed by atoms with van der Waals surface area (Å²) in [4.78, 5) is 14.8. The Morgan fingerprint density at radius 2 is 1.90 bits per heavy atom. The average Bonchev–Trinajstić information content (AvgIpc) is 2.76. The second-order valence-corrected chi connectivity index (χ2v) is 8.42. The fourth-order valence-corrected chi connectivity index (χ4v) is 4.82. The quantitative estimate of drug-likeness (QED) is 0.705. The van der Waals surface area contributed by atoms with Crippen LogP contribution in [-0.4, -0.2) is 42.2 Å². The number of piperidine rings is 1. The minimum Gasteiger partial charge on any atom is -0.378 e. The van der Waals surface area contributed by atoms with Crippen LogP contribution in [0.4, 0.5) is 4.39 Å². The summed E-state index contributed by atoms with van der Waals surface area (Å²) < 4.78 is 26.6. The van der Waals surface area contributed by atoms with Gasteiger partial charge in [0.05, 0.1) is 17.8 Å². The summed E-state index contributed by atoms with van der Waals surface area (Å²) in [6.45, 7) is 5.59. The van der Waals surface area contributed by atoms with E-state index in [1.807, 2.05) is 30.0 Å². The molecule has 2 aliphatic heterocycles. The second kappa shape index (κ2) is 8.86. The number of halogens is 1. The summed E-state index contributed by atoms with van der Waals surface area (Å²) in [7, 11) is 0. The van der Waals surface area contributed by atoms with E-state index in [9.17, 15) is 9.18 Å². The molecule has 2 atom stereocenters. The Labute approximate surface area is 178 Å². The van der Waals surface area contributed by atoms with Gasteiger partial charge in [-0.3, -0.25) is 4.79 Å². The summed E-state index contributed by atoms with van der Waals surface area (Å²) in [5, 5.41) is 0. The van der Waals surface area contributed by atoms with Crippen molar-refractivity contribution in [2.45, 2.75) is 57.3 Å². The molecule has 0 unspecified atom stereocenters. The van der Waals surface area contributed by atoms with E-state index in [2.05, 4.69) is 12.1 Å². The first-order chi connectivity index (χ1) is 14.5. The maximum Gasteiger partial charge on any atom is 0.254 e.